The predicted octanol–water partition coefficient (Wildman–Crippen LogP) is 0.163. The van der Waals surface area contributed by atoms with E-state index in [1.807, 2.05) is 6.92 Å². The van der Waals surface area contributed by atoms with Gasteiger partial charge in [0.25, 0.3) is 0 Å². The van der Waals surface area contributed by atoms with Crippen LogP contribution < -0.4 is 5.32 Å². The lowest BCUT2D eigenvalue weighted by Gasteiger charge is -2.33. The predicted molar refractivity (Wildman–Crippen MR) is 66.2 cm³/mol. The molecule has 0 spiro atoms. The van der Waals surface area contributed by atoms with E-state index in [-0.39, 0.29) is 12.6 Å². The number of morpholine rings is 1. The molecule has 1 fully saturated rings. The maximum absolute atomic E-state index is 9.26. The third-order valence-corrected chi connectivity index (χ3v) is 3.56. The van der Waals surface area contributed by atoms with Gasteiger partial charge in [0, 0.05) is 13.1 Å². The van der Waals surface area contributed by atoms with Crippen molar-refractivity contribution < 1.29 is 9.84 Å². The second-order valence-electron chi connectivity index (χ2n) is 3.91. The Morgan fingerprint density at radius 1 is 1.59 bits per heavy atom. The third-order valence-electron chi connectivity index (χ3n) is 2.69. The topological polar surface area (TPSA) is 70.5 Å². The summed E-state index contributed by atoms with van der Waals surface area (Å²) < 4.78 is 5.34. The Labute approximate surface area is 105 Å². The minimum Gasteiger partial charge on any atom is -0.395 e. The number of aromatic nitrogens is 2. The first-order valence-electron chi connectivity index (χ1n) is 5.82. The van der Waals surface area contributed by atoms with Crippen molar-refractivity contribution in [1.29, 1.82) is 0 Å². The van der Waals surface area contributed by atoms with Crippen LogP contribution in [-0.4, -0.2) is 59.2 Å². The molecule has 2 rings (SSSR count). The molecule has 96 valence electrons. The minimum atomic E-state index is 0.0789. The lowest BCUT2D eigenvalue weighted by molar-refractivity contribution is -0.0313. The molecule has 0 saturated carbocycles. The molecule has 1 aliphatic rings. The van der Waals surface area contributed by atoms with Crippen molar-refractivity contribution in [3.8, 4) is 0 Å². The average molecular weight is 258 g/mol. The van der Waals surface area contributed by atoms with E-state index >= 15 is 0 Å². The zero-order valence-corrected chi connectivity index (χ0v) is 10.7. The Kier molecular flexibility index (Phi) is 4.66. The molecule has 1 aliphatic heterocycles. The third kappa shape index (κ3) is 3.35. The van der Waals surface area contributed by atoms with Gasteiger partial charge in [-0.05, 0) is 6.92 Å². The summed E-state index contributed by atoms with van der Waals surface area (Å²) in [5.41, 5.74) is 0. The van der Waals surface area contributed by atoms with E-state index in [0.717, 1.165) is 36.4 Å². The number of hydrogen-bond acceptors (Lipinski definition) is 7. The van der Waals surface area contributed by atoms with Crippen LogP contribution in [0.2, 0.25) is 0 Å². The number of ether oxygens (including phenoxy) is 1. The van der Waals surface area contributed by atoms with Crippen LogP contribution in [0.15, 0.2) is 0 Å². The lowest BCUT2D eigenvalue weighted by atomic mass is 10.2. The van der Waals surface area contributed by atoms with Crippen molar-refractivity contribution in [3.05, 3.63) is 5.01 Å². The Morgan fingerprint density at radius 2 is 2.47 bits per heavy atom. The van der Waals surface area contributed by atoms with Gasteiger partial charge in [0.15, 0.2) is 0 Å². The lowest BCUT2D eigenvalue weighted by Crippen LogP contribution is -2.46. The molecule has 0 aromatic carbocycles. The Balaban J connectivity index is 1.93. The van der Waals surface area contributed by atoms with Crippen LogP contribution in [0.5, 0.6) is 0 Å². The fourth-order valence-electron chi connectivity index (χ4n) is 1.78. The highest BCUT2D eigenvalue weighted by atomic mass is 32.1. The summed E-state index contributed by atoms with van der Waals surface area (Å²) >= 11 is 1.57. The van der Waals surface area contributed by atoms with Gasteiger partial charge in [0.2, 0.25) is 5.13 Å². The fourth-order valence-corrected chi connectivity index (χ4v) is 2.61. The van der Waals surface area contributed by atoms with Crippen molar-refractivity contribution in [2.45, 2.75) is 19.5 Å². The molecule has 0 bridgehead atoms. The van der Waals surface area contributed by atoms with Crippen LogP contribution in [0.3, 0.4) is 0 Å². The highest BCUT2D eigenvalue weighted by molar-refractivity contribution is 7.15. The molecule has 6 nitrogen and oxygen atoms in total. The van der Waals surface area contributed by atoms with Gasteiger partial charge in [0.05, 0.1) is 32.4 Å². The largest absolute Gasteiger partial charge is 0.395 e. The zero-order valence-electron chi connectivity index (χ0n) is 9.93. The van der Waals surface area contributed by atoms with Gasteiger partial charge in [0.1, 0.15) is 5.01 Å². The second kappa shape index (κ2) is 6.25. The van der Waals surface area contributed by atoms with Crippen LogP contribution in [0, 0.1) is 0 Å². The molecule has 7 heteroatoms. The van der Waals surface area contributed by atoms with E-state index in [0.29, 0.717) is 6.61 Å². The molecule has 1 unspecified atom stereocenters. The van der Waals surface area contributed by atoms with E-state index in [2.05, 4.69) is 20.4 Å². The number of nitrogens with one attached hydrogen (secondary N) is 1. The van der Waals surface area contributed by atoms with E-state index in [1.165, 1.54) is 0 Å². The first kappa shape index (κ1) is 12.7. The number of rotatable bonds is 5. The monoisotopic (exact) mass is 258 g/mol. The maximum Gasteiger partial charge on any atom is 0.205 e. The highest BCUT2D eigenvalue weighted by Crippen LogP contribution is 2.18. The molecule has 17 heavy (non-hydrogen) atoms. The standard InChI is InChI=1S/C10H18N4O2S/c1-2-11-10-13-12-9(17-10)5-14-3-4-16-7-8(14)6-15/h8,15H,2-7H2,1H3,(H,11,13). The summed E-state index contributed by atoms with van der Waals surface area (Å²) in [5.74, 6) is 0. The molecular formula is C10H18N4O2S. The van der Waals surface area contributed by atoms with Crippen molar-refractivity contribution in [2.75, 3.05) is 38.2 Å². The van der Waals surface area contributed by atoms with Gasteiger partial charge in [-0.15, -0.1) is 10.2 Å². The van der Waals surface area contributed by atoms with E-state index in [4.69, 9.17) is 4.74 Å². The first-order valence-corrected chi connectivity index (χ1v) is 6.64. The van der Waals surface area contributed by atoms with E-state index in [1.54, 1.807) is 11.3 Å². The van der Waals surface area contributed by atoms with Crippen LogP contribution in [0.4, 0.5) is 5.13 Å². The van der Waals surface area contributed by atoms with Gasteiger partial charge >= 0.3 is 0 Å². The van der Waals surface area contributed by atoms with Crippen molar-refractivity contribution in [1.82, 2.24) is 15.1 Å². The van der Waals surface area contributed by atoms with Crippen LogP contribution in [-0.2, 0) is 11.3 Å². The van der Waals surface area contributed by atoms with Gasteiger partial charge in [-0.25, -0.2) is 0 Å². The van der Waals surface area contributed by atoms with Gasteiger partial charge in [-0.1, -0.05) is 11.3 Å². The average Bonchev–Trinajstić information content (AvgIpc) is 2.78. The fraction of sp³-hybridized carbons (Fsp3) is 0.800. The van der Waals surface area contributed by atoms with Crippen LogP contribution in [0.1, 0.15) is 11.9 Å². The molecule has 1 aromatic heterocycles. The number of anilines is 1. The van der Waals surface area contributed by atoms with E-state index in [9.17, 15) is 5.11 Å². The molecule has 2 N–H and O–H groups in total. The highest BCUT2D eigenvalue weighted by Gasteiger charge is 2.23. The summed E-state index contributed by atoms with van der Waals surface area (Å²) in [4.78, 5) is 2.19. The molecule has 0 aliphatic carbocycles. The number of nitrogens with zero attached hydrogens (tertiary/aromatic N) is 3. The quantitative estimate of drug-likeness (QED) is 0.784. The summed E-state index contributed by atoms with van der Waals surface area (Å²) in [5, 5.41) is 22.4. The number of hydrogen-bond donors (Lipinski definition) is 2. The first-order chi connectivity index (χ1) is 8.33. The zero-order chi connectivity index (χ0) is 12.1. The summed E-state index contributed by atoms with van der Waals surface area (Å²) in [6.45, 7) is 5.89. The smallest absolute Gasteiger partial charge is 0.205 e. The van der Waals surface area contributed by atoms with Crippen molar-refractivity contribution >= 4 is 16.5 Å². The van der Waals surface area contributed by atoms with Crippen molar-refractivity contribution in [3.63, 3.8) is 0 Å². The summed E-state index contributed by atoms with van der Waals surface area (Å²) in [7, 11) is 0. The summed E-state index contributed by atoms with van der Waals surface area (Å²) in [6.07, 6.45) is 0. The van der Waals surface area contributed by atoms with Crippen LogP contribution in [0.25, 0.3) is 0 Å². The minimum absolute atomic E-state index is 0.0789. The van der Waals surface area contributed by atoms with Gasteiger partial charge in [-0.3, -0.25) is 4.90 Å². The number of aliphatic hydroxyl groups is 1. The Hall–Kier alpha value is -0.760. The molecule has 1 aromatic rings. The van der Waals surface area contributed by atoms with Gasteiger partial charge in [-0.2, -0.15) is 0 Å². The molecular weight excluding hydrogens is 240 g/mol. The van der Waals surface area contributed by atoms with Crippen molar-refractivity contribution in [2.24, 2.45) is 0 Å². The normalized spacial score (nSPS) is 21.6. The van der Waals surface area contributed by atoms with Gasteiger partial charge < -0.3 is 15.2 Å². The van der Waals surface area contributed by atoms with E-state index < -0.39 is 0 Å². The summed E-state index contributed by atoms with van der Waals surface area (Å²) in [6, 6.07) is 0.0789. The molecule has 2 heterocycles. The molecule has 0 radical (unpaired) electrons. The molecule has 1 saturated heterocycles. The molecule has 0 amide bonds. The number of aliphatic hydroxyl groups excluding tert-OH is 1. The Morgan fingerprint density at radius 3 is 3.24 bits per heavy atom. The second-order valence-corrected chi connectivity index (χ2v) is 4.98. The SMILES string of the molecule is CCNc1nnc(CN2CCOCC2CO)s1. The Bertz CT molecular complexity index is 347. The maximum atomic E-state index is 9.26. The van der Waals surface area contributed by atoms with Crippen LogP contribution >= 0.6 is 11.3 Å². The molecule has 1 atom stereocenters.